The summed E-state index contributed by atoms with van der Waals surface area (Å²) in [7, 11) is 0. The summed E-state index contributed by atoms with van der Waals surface area (Å²) >= 11 is 0. The average Bonchev–Trinajstić information content (AvgIpc) is 3.07. The van der Waals surface area contributed by atoms with Gasteiger partial charge in [-0.05, 0) is 45.4 Å². The van der Waals surface area contributed by atoms with Crippen LogP contribution in [0.4, 0.5) is 5.69 Å². The van der Waals surface area contributed by atoms with E-state index < -0.39 is 0 Å². The summed E-state index contributed by atoms with van der Waals surface area (Å²) in [6.07, 6.45) is 6.39. The molecule has 152 valence electrons. The molecule has 3 aromatic rings. The number of hydrogen-bond donors (Lipinski definition) is 1. The van der Waals surface area contributed by atoms with E-state index in [2.05, 4.69) is 64.8 Å². The maximum Gasteiger partial charge on any atom is 0.0722 e. The molecule has 2 N–H and O–H groups in total. The zero-order valence-electron chi connectivity index (χ0n) is 17.6. The monoisotopic (exact) mass is 389 g/mol. The first-order valence-corrected chi connectivity index (χ1v) is 10.7. The second kappa shape index (κ2) is 8.78. The van der Waals surface area contributed by atoms with Crippen molar-refractivity contribution in [1.29, 1.82) is 0 Å². The van der Waals surface area contributed by atoms with Crippen LogP contribution in [0, 0.1) is 13.8 Å². The van der Waals surface area contributed by atoms with Gasteiger partial charge < -0.3 is 10.6 Å². The molecular formula is C24H31N5. The van der Waals surface area contributed by atoms with Crippen LogP contribution in [0.5, 0.6) is 0 Å². The van der Waals surface area contributed by atoms with Crippen molar-refractivity contribution in [2.24, 2.45) is 5.73 Å². The van der Waals surface area contributed by atoms with Crippen LogP contribution in [0.1, 0.15) is 41.8 Å². The van der Waals surface area contributed by atoms with Gasteiger partial charge in [-0.1, -0.05) is 36.2 Å². The van der Waals surface area contributed by atoms with E-state index in [1.807, 2.05) is 6.20 Å². The Morgan fingerprint density at radius 2 is 1.86 bits per heavy atom. The topological polar surface area (TPSA) is 60.0 Å². The summed E-state index contributed by atoms with van der Waals surface area (Å²) in [5, 5.41) is 4.84. The van der Waals surface area contributed by atoms with Crippen LogP contribution in [0.2, 0.25) is 0 Å². The van der Waals surface area contributed by atoms with Crippen LogP contribution in [0.3, 0.4) is 0 Å². The van der Waals surface area contributed by atoms with Gasteiger partial charge in [0, 0.05) is 54.8 Å². The number of rotatable bonds is 7. The number of nitrogens with two attached hydrogens (primary N) is 1. The van der Waals surface area contributed by atoms with Crippen molar-refractivity contribution >= 4 is 5.69 Å². The van der Waals surface area contributed by atoms with Gasteiger partial charge in [-0.15, -0.1) is 0 Å². The fourth-order valence-corrected chi connectivity index (χ4v) is 4.15. The maximum atomic E-state index is 5.62. The Morgan fingerprint density at radius 3 is 2.66 bits per heavy atom. The van der Waals surface area contributed by atoms with E-state index in [4.69, 9.17) is 10.8 Å². The van der Waals surface area contributed by atoms with Gasteiger partial charge in [-0.3, -0.25) is 9.67 Å². The van der Waals surface area contributed by atoms with Gasteiger partial charge in [0.2, 0.25) is 0 Å². The third kappa shape index (κ3) is 4.35. The smallest absolute Gasteiger partial charge is 0.0722 e. The van der Waals surface area contributed by atoms with Crippen molar-refractivity contribution in [2.75, 3.05) is 18.0 Å². The van der Waals surface area contributed by atoms with Gasteiger partial charge in [-0.25, -0.2) is 0 Å². The summed E-state index contributed by atoms with van der Waals surface area (Å²) < 4.78 is 2.24. The summed E-state index contributed by atoms with van der Waals surface area (Å²) in [6.45, 7) is 7.97. The van der Waals surface area contributed by atoms with Crippen LogP contribution in [-0.4, -0.2) is 27.9 Å². The molecule has 1 aliphatic heterocycles. The summed E-state index contributed by atoms with van der Waals surface area (Å²) in [5.74, 6) is 0. The maximum absolute atomic E-state index is 5.62. The predicted octanol–water partition coefficient (Wildman–Crippen LogP) is 4.25. The quantitative estimate of drug-likeness (QED) is 0.614. The van der Waals surface area contributed by atoms with Crippen molar-refractivity contribution in [3.8, 4) is 11.3 Å². The molecule has 0 atom stereocenters. The van der Waals surface area contributed by atoms with Crippen LogP contribution >= 0.6 is 0 Å². The first-order valence-electron chi connectivity index (χ1n) is 10.7. The summed E-state index contributed by atoms with van der Waals surface area (Å²) in [6, 6.07) is 12.9. The van der Waals surface area contributed by atoms with E-state index in [-0.39, 0.29) is 0 Å². The fourth-order valence-electron chi connectivity index (χ4n) is 4.15. The summed E-state index contributed by atoms with van der Waals surface area (Å²) in [4.78, 5) is 7.05. The SMILES string of the molecule is Cc1ccc(-c2cc(N3CCc4c(c(C)nn4CCCCCN)C3)ccn2)cc1. The number of anilines is 1. The molecule has 4 rings (SSSR count). The molecule has 0 bridgehead atoms. The van der Waals surface area contributed by atoms with Gasteiger partial charge in [0.15, 0.2) is 0 Å². The Morgan fingerprint density at radius 1 is 1.03 bits per heavy atom. The molecule has 0 fully saturated rings. The van der Waals surface area contributed by atoms with Crippen LogP contribution < -0.4 is 10.6 Å². The van der Waals surface area contributed by atoms with E-state index in [9.17, 15) is 0 Å². The fraction of sp³-hybridized carbons (Fsp3) is 0.417. The molecule has 1 aliphatic rings. The van der Waals surface area contributed by atoms with Crippen molar-refractivity contribution < 1.29 is 0 Å². The lowest BCUT2D eigenvalue weighted by Crippen LogP contribution is -2.31. The molecule has 0 amide bonds. The van der Waals surface area contributed by atoms with Gasteiger partial charge in [0.1, 0.15) is 0 Å². The van der Waals surface area contributed by atoms with E-state index in [0.29, 0.717) is 0 Å². The van der Waals surface area contributed by atoms with Gasteiger partial charge in [0.05, 0.1) is 11.4 Å². The molecule has 1 aromatic carbocycles. The lowest BCUT2D eigenvalue weighted by Gasteiger charge is -2.30. The highest BCUT2D eigenvalue weighted by Crippen LogP contribution is 2.29. The molecular weight excluding hydrogens is 358 g/mol. The van der Waals surface area contributed by atoms with E-state index in [1.54, 1.807) is 0 Å². The van der Waals surface area contributed by atoms with Crippen molar-refractivity contribution in [1.82, 2.24) is 14.8 Å². The molecule has 29 heavy (non-hydrogen) atoms. The first kappa shape index (κ1) is 19.6. The molecule has 5 nitrogen and oxygen atoms in total. The molecule has 0 saturated carbocycles. The normalized spacial score (nSPS) is 13.6. The minimum Gasteiger partial charge on any atom is -0.367 e. The van der Waals surface area contributed by atoms with Gasteiger partial charge in [0.25, 0.3) is 0 Å². The molecule has 0 aliphatic carbocycles. The van der Waals surface area contributed by atoms with Crippen LogP contribution in [0.25, 0.3) is 11.3 Å². The first-order chi connectivity index (χ1) is 14.2. The number of unbranched alkanes of at least 4 members (excludes halogenated alkanes) is 2. The lowest BCUT2D eigenvalue weighted by molar-refractivity contribution is 0.520. The lowest BCUT2D eigenvalue weighted by atomic mass is 10.0. The van der Waals surface area contributed by atoms with Crippen molar-refractivity contribution in [3.63, 3.8) is 0 Å². The number of aromatic nitrogens is 3. The third-order valence-electron chi connectivity index (χ3n) is 5.86. The number of pyridine rings is 1. The molecule has 0 saturated heterocycles. The van der Waals surface area contributed by atoms with Gasteiger partial charge >= 0.3 is 0 Å². The Balaban J connectivity index is 1.51. The zero-order valence-corrected chi connectivity index (χ0v) is 17.6. The minimum absolute atomic E-state index is 0.779. The molecule has 0 unspecified atom stereocenters. The number of hydrogen-bond acceptors (Lipinski definition) is 4. The van der Waals surface area contributed by atoms with Gasteiger partial charge in [-0.2, -0.15) is 5.10 Å². The average molecular weight is 390 g/mol. The minimum atomic E-state index is 0.779. The molecule has 2 aromatic heterocycles. The van der Waals surface area contributed by atoms with E-state index in [1.165, 1.54) is 28.9 Å². The third-order valence-corrected chi connectivity index (χ3v) is 5.86. The zero-order chi connectivity index (χ0) is 20.2. The highest BCUT2D eigenvalue weighted by Gasteiger charge is 2.23. The Labute approximate surface area is 173 Å². The second-order valence-corrected chi connectivity index (χ2v) is 8.02. The number of nitrogens with zero attached hydrogens (tertiary/aromatic N) is 4. The Hall–Kier alpha value is -2.66. The predicted molar refractivity (Wildman–Crippen MR) is 119 cm³/mol. The number of fused-ring (bicyclic) bond motifs is 1. The van der Waals surface area contributed by atoms with E-state index in [0.717, 1.165) is 62.4 Å². The molecule has 0 radical (unpaired) electrons. The van der Waals surface area contributed by atoms with Crippen molar-refractivity contribution in [2.45, 2.75) is 52.6 Å². The Kier molecular flexibility index (Phi) is 5.95. The summed E-state index contributed by atoms with van der Waals surface area (Å²) in [5.41, 5.74) is 14.3. The largest absolute Gasteiger partial charge is 0.367 e. The molecule has 0 spiro atoms. The highest BCUT2D eigenvalue weighted by atomic mass is 15.3. The second-order valence-electron chi connectivity index (χ2n) is 8.02. The highest BCUT2D eigenvalue weighted by molar-refractivity contribution is 5.65. The number of aryl methyl sites for hydroxylation is 3. The van der Waals surface area contributed by atoms with E-state index >= 15 is 0 Å². The molecule has 3 heterocycles. The van der Waals surface area contributed by atoms with Crippen LogP contribution in [-0.2, 0) is 19.5 Å². The Bertz CT molecular complexity index is 958. The number of benzene rings is 1. The molecule has 5 heteroatoms. The standard InChI is InChI=1S/C24H31N5/c1-18-6-8-20(9-7-18)23-16-21(10-13-26-23)28-15-11-24-22(17-28)19(2)27-29(24)14-5-3-4-12-25/h6-10,13,16H,3-5,11-12,14-15,17,25H2,1-2H3. The van der Waals surface area contributed by atoms with Crippen molar-refractivity contribution in [3.05, 3.63) is 65.1 Å². The van der Waals surface area contributed by atoms with Crippen LogP contribution in [0.15, 0.2) is 42.6 Å².